The summed E-state index contributed by atoms with van der Waals surface area (Å²) in [4.78, 5) is 2.28. The number of nitrogens with zero attached hydrogens (tertiary/aromatic N) is 2. The average Bonchev–Trinajstić information content (AvgIpc) is 2.37. The lowest BCUT2D eigenvalue weighted by atomic mass is 9.99. The van der Waals surface area contributed by atoms with Crippen LogP contribution in [0.2, 0.25) is 0 Å². The normalized spacial score (nSPS) is 12.8. The molecule has 0 bridgehead atoms. The Hall–Kier alpha value is -1.27. The molecular formula is C14H25N3O2S. The van der Waals surface area contributed by atoms with Crippen molar-refractivity contribution in [3.63, 3.8) is 0 Å². The fourth-order valence-corrected chi connectivity index (χ4v) is 2.67. The maximum absolute atomic E-state index is 12.2. The summed E-state index contributed by atoms with van der Waals surface area (Å²) in [6.07, 6.45) is 0.924. The van der Waals surface area contributed by atoms with E-state index in [1.165, 1.54) is 18.4 Å². The van der Waals surface area contributed by atoms with Crippen molar-refractivity contribution in [1.29, 1.82) is 0 Å². The van der Waals surface area contributed by atoms with Crippen LogP contribution in [0.15, 0.2) is 23.1 Å². The van der Waals surface area contributed by atoms with Crippen LogP contribution in [0.5, 0.6) is 0 Å². The van der Waals surface area contributed by atoms with Gasteiger partial charge < -0.3 is 10.6 Å². The van der Waals surface area contributed by atoms with Gasteiger partial charge >= 0.3 is 0 Å². The average molecular weight is 299 g/mol. The number of hydrogen-bond acceptors (Lipinski definition) is 4. The number of benzene rings is 1. The molecule has 0 unspecified atom stereocenters. The Morgan fingerprint density at radius 3 is 2.20 bits per heavy atom. The van der Waals surface area contributed by atoms with E-state index in [2.05, 4.69) is 20.8 Å². The minimum atomic E-state index is -3.45. The molecule has 0 aliphatic carbocycles. The Morgan fingerprint density at radius 1 is 1.20 bits per heavy atom. The van der Waals surface area contributed by atoms with Gasteiger partial charge in [0.25, 0.3) is 0 Å². The molecule has 0 spiro atoms. The molecule has 1 aromatic rings. The molecule has 0 saturated heterocycles. The molecule has 5 nitrogen and oxygen atoms in total. The van der Waals surface area contributed by atoms with Gasteiger partial charge in [-0.1, -0.05) is 6.92 Å². The first-order valence-electron chi connectivity index (χ1n) is 6.60. The number of anilines is 2. The Morgan fingerprint density at radius 2 is 1.75 bits per heavy atom. The van der Waals surface area contributed by atoms with E-state index < -0.39 is 10.0 Å². The van der Waals surface area contributed by atoms with Crippen molar-refractivity contribution in [3.05, 3.63) is 18.2 Å². The molecule has 0 aliphatic heterocycles. The Balaban J connectivity index is 3.37. The summed E-state index contributed by atoms with van der Waals surface area (Å²) in [5, 5.41) is 0. The zero-order valence-corrected chi connectivity index (χ0v) is 14.0. The third-order valence-corrected chi connectivity index (χ3v) is 5.73. The summed E-state index contributed by atoms with van der Waals surface area (Å²) in [7, 11) is 1.52. The van der Waals surface area contributed by atoms with Gasteiger partial charge in [-0.25, -0.2) is 12.7 Å². The molecule has 0 radical (unpaired) electrons. The van der Waals surface area contributed by atoms with Crippen molar-refractivity contribution in [2.24, 2.45) is 0 Å². The molecule has 0 fully saturated rings. The maximum Gasteiger partial charge on any atom is 0.242 e. The monoisotopic (exact) mass is 299 g/mol. The van der Waals surface area contributed by atoms with Crippen molar-refractivity contribution in [1.82, 2.24) is 4.31 Å². The number of rotatable bonds is 5. The van der Waals surface area contributed by atoms with Crippen LogP contribution < -0.4 is 10.6 Å². The highest BCUT2D eigenvalue weighted by Crippen LogP contribution is 2.32. The lowest BCUT2D eigenvalue weighted by Gasteiger charge is -2.37. The van der Waals surface area contributed by atoms with E-state index in [4.69, 9.17) is 5.73 Å². The van der Waals surface area contributed by atoms with Crippen LogP contribution in [-0.2, 0) is 10.0 Å². The van der Waals surface area contributed by atoms with Gasteiger partial charge in [0, 0.05) is 26.7 Å². The fraction of sp³-hybridized carbons (Fsp3) is 0.571. The van der Waals surface area contributed by atoms with Gasteiger partial charge in [0.15, 0.2) is 0 Å². The molecule has 0 aromatic heterocycles. The minimum Gasteiger partial charge on any atom is -0.397 e. The van der Waals surface area contributed by atoms with Gasteiger partial charge in [0.2, 0.25) is 10.0 Å². The van der Waals surface area contributed by atoms with Gasteiger partial charge in [-0.05, 0) is 38.5 Å². The van der Waals surface area contributed by atoms with Crippen LogP contribution in [0.4, 0.5) is 11.4 Å². The molecule has 114 valence electrons. The lowest BCUT2D eigenvalue weighted by molar-refractivity contribution is 0.470. The molecule has 6 heteroatoms. The van der Waals surface area contributed by atoms with E-state index in [0.717, 1.165) is 12.1 Å². The Kier molecular flexibility index (Phi) is 4.71. The smallest absolute Gasteiger partial charge is 0.242 e. The largest absolute Gasteiger partial charge is 0.397 e. The summed E-state index contributed by atoms with van der Waals surface area (Å²) in [5.41, 5.74) is 7.22. The Labute approximate surface area is 122 Å². The van der Waals surface area contributed by atoms with E-state index in [9.17, 15) is 8.42 Å². The molecule has 0 amide bonds. The SMILES string of the molecule is CCC(C)(C)N(C)c1cc(S(=O)(=O)N(C)C)ccc1N. The molecule has 0 aliphatic rings. The highest BCUT2D eigenvalue weighted by molar-refractivity contribution is 7.89. The highest BCUT2D eigenvalue weighted by atomic mass is 32.2. The van der Waals surface area contributed by atoms with Crippen LogP contribution in [0, 0.1) is 0 Å². The third-order valence-electron chi connectivity index (χ3n) is 3.92. The zero-order valence-electron chi connectivity index (χ0n) is 13.1. The van der Waals surface area contributed by atoms with Crippen molar-refractivity contribution >= 4 is 21.4 Å². The quantitative estimate of drug-likeness (QED) is 0.846. The first-order chi connectivity index (χ1) is 9.04. The maximum atomic E-state index is 12.2. The van der Waals surface area contributed by atoms with Crippen LogP contribution in [0.25, 0.3) is 0 Å². The predicted molar refractivity (Wildman–Crippen MR) is 84.5 cm³/mol. The van der Waals surface area contributed by atoms with Gasteiger partial charge in [-0.3, -0.25) is 0 Å². The molecule has 0 saturated carbocycles. The fourth-order valence-electron chi connectivity index (χ4n) is 1.75. The number of sulfonamides is 1. The predicted octanol–water partition coefficient (Wildman–Crippen LogP) is 2.14. The summed E-state index contributed by atoms with van der Waals surface area (Å²) >= 11 is 0. The number of nitrogens with two attached hydrogens (primary N) is 1. The second-order valence-electron chi connectivity index (χ2n) is 5.73. The van der Waals surface area contributed by atoms with E-state index in [0.29, 0.717) is 5.69 Å². The molecular weight excluding hydrogens is 274 g/mol. The van der Waals surface area contributed by atoms with Gasteiger partial charge in [-0.15, -0.1) is 0 Å². The molecule has 2 N–H and O–H groups in total. The van der Waals surface area contributed by atoms with E-state index in [1.807, 2.05) is 11.9 Å². The van der Waals surface area contributed by atoms with E-state index >= 15 is 0 Å². The molecule has 0 atom stereocenters. The number of nitrogen functional groups attached to an aromatic ring is 1. The topological polar surface area (TPSA) is 66.6 Å². The second kappa shape index (κ2) is 5.61. The molecule has 20 heavy (non-hydrogen) atoms. The summed E-state index contributed by atoms with van der Waals surface area (Å²) < 4.78 is 25.6. The van der Waals surface area contributed by atoms with Crippen LogP contribution in [-0.4, -0.2) is 39.4 Å². The van der Waals surface area contributed by atoms with Gasteiger partial charge in [-0.2, -0.15) is 0 Å². The highest BCUT2D eigenvalue weighted by Gasteiger charge is 2.25. The standard InChI is InChI=1S/C14H25N3O2S/c1-7-14(2,3)17(6)13-10-11(8-9-12(13)15)20(18,19)16(4)5/h8-10H,7,15H2,1-6H3. The third kappa shape index (κ3) is 3.07. The Bertz CT molecular complexity index is 580. The minimum absolute atomic E-state index is 0.103. The molecule has 1 rings (SSSR count). The van der Waals surface area contributed by atoms with Crippen molar-refractivity contribution in [3.8, 4) is 0 Å². The van der Waals surface area contributed by atoms with E-state index in [-0.39, 0.29) is 10.4 Å². The molecule has 0 heterocycles. The second-order valence-corrected chi connectivity index (χ2v) is 7.88. The van der Waals surface area contributed by atoms with Crippen molar-refractivity contribution in [2.75, 3.05) is 31.8 Å². The van der Waals surface area contributed by atoms with Crippen LogP contribution in [0.1, 0.15) is 27.2 Å². The molecule has 1 aromatic carbocycles. The van der Waals surface area contributed by atoms with Crippen molar-refractivity contribution < 1.29 is 8.42 Å². The van der Waals surface area contributed by atoms with E-state index in [1.54, 1.807) is 18.2 Å². The van der Waals surface area contributed by atoms with Crippen LogP contribution >= 0.6 is 0 Å². The summed E-state index contributed by atoms with van der Waals surface area (Å²) in [6.45, 7) is 6.28. The first kappa shape index (κ1) is 16.8. The lowest BCUT2D eigenvalue weighted by Crippen LogP contribution is -2.41. The van der Waals surface area contributed by atoms with Crippen molar-refractivity contribution in [2.45, 2.75) is 37.6 Å². The van der Waals surface area contributed by atoms with Crippen LogP contribution in [0.3, 0.4) is 0 Å². The van der Waals surface area contributed by atoms with Gasteiger partial charge in [0.1, 0.15) is 0 Å². The summed E-state index contributed by atoms with van der Waals surface area (Å²) in [6, 6.07) is 4.83. The number of hydrogen-bond donors (Lipinski definition) is 1. The first-order valence-corrected chi connectivity index (χ1v) is 8.04. The van der Waals surface area contributed by atoms with Gasteiger partial charge in [0.05, 0.1) is 16.3 Å². The zero-order chi connectivity index (χ0) is 15.7. The summed E-state index contributed by atoms with van der Waals surface area (Å²) in [5.74, 6) is 0.